The first-order valence-corrected chi connectivity index (χ1v) is 3.20. The van der Waals surface area contributed by atoms with Gasteiger partial charge in [0.1, 0.15) is 6.10 Å². The van der Waals surface area contributed by atoms with E-state index in [4.69, 9.17) is 20.4 Å². The highest BCUT2D eigenvalue weighted by molar-refractivity contribution is 5.90. The van der Waals surface area contributed by atoms with Crippen LogP contribution in [0, 0.1) is 0 Å². The molecule has 0 radical (unpaired) electrons. The van der Waals surface area contributed by atoms with E-state index in [1.807, 2.05) is 0 Å². The first-order valence-electron chi connectivity index (χ1n) is 3.20. The molecule has 0 saturated heterocycles. The molecule has 0 aromatic carbocycles. The number of carboxylic acids is 1. The van der Waals surface area contributed by atoms with Gasteiger partial charge < -0.3 is 20.4 Å². The van der Waals surface area contributed by atoms with E-state index in [0.29, 0.717) is 6.08 Å². The summed E-state index contributed by atoms with van der Waals surface area (Å²) < 4.78 is 0. The maximum Gasteiger partial charge on any atom is 0.335 e. The van der Waals surface area contributed by atoms with Gasteiger partial charge in [0, 0.05) is 0 Å². The van der Waals surface area contributed by atoms with Gasteiger partial charge in [-0.05, 0) is 18.2 Å². The number of rotatable bonds is 1. The van der Waals surface area contributed by atoms with Crippen LogP contribution in [0.2, 0.25) is 0 Å². The van der Waals surface area contributed by atoms with Crippen LogP contribution >= 0.6 is 0 Å². The van der Waals surface area contributed by atoms with E-state index in [2.05, 4.69) is 0 Å². The van der Waals surface area contributed by atoms with Crippen LogP contribution in [-0.4, -0.2) is 38.3 Å². The maximum absolute atomic E-state index is 10.3. The van der Waals surface area contributed by atoms with Crippen molar-refractivity contribution in [2.24, 2.45) is 0 Å². The molecule has 1 unspecified atom stereocenters. The van der Waals surface area contributed by atoms with Gasteiger partial charge in [-0.2, -0.15) is 0 Å². The van der Waals surface area contributed by atoms with Gasteiger partial charge in [0.15, 0.2) is 0 Å². The van der Waals surface area contributed by atoms with Gasteiger partial charge in [-0.3, -0.25) is 0 Å². The van der Waals surface area contributed by atoms with E-state index in [9.17, 15) is 4.79 Å². The molecular formula is C7H8O5. The normalized spacial score (nSPS) is 26.6. The highest BCUT2D eigenvalue weighted by atomic mass is 16.5. The summed E-state index contributed by atoms with van der Waals surface area (Å²) in [6.07, 6.45) is 1.31. The summed E-state index contributed by atoms with van der Waals surface area (Å²) in [6.45, 7) is 0. The molecule has 66 valence electrons. The minimum Gasteiger partial charge on any atom is -0.478 e. The minimum atomic E-state index is -2.48. The van der Waals surface area contributed by atoms with Crippen molar-refractivity contribution in [3.05, 3.63) is 23.8 Å². The first-order chi connectivity index (χ1) is 5.43. The van der Waals surface area contributed by atoms with Gasteiger partial charge in [0.2, 0.25) is 5.79 Å². The number of hydrogen-bond acceptors (Lipinski definition) is 4. The summed E-state index contributed by atoms with van der Waals surface area (Å²) >= 11 is 0. The molecule has 4 N–H and O–H groups in total. The average molecular weight is 172 g/mol. The number of aliphatic hydroxyl groups excluding tert-OH is 1. The Morgan fingerprint density at radius 2 is 2.08 bits per heavy atom. The molecule has 1 aliphatic carbocycles. The fourth-order valence-electron chi connectivity index (χ4n) is 0.832. The molecule has 0 aromatic rings. The molecule has 0 amide bonds. The van der Waals surface area contributed by atoms with Crippen molar-refractivity contribution in [2.75, 3.05) is 0 Å². The third-order valence-corrected chi connectivity index (χ3v) is 1.51. The Morgan fingerprint density at radius 3 is 2.50 bits per heavy atom. The van der Waals surface area contributed by atoms with E-state index >= 15 is 0 Å². The number of carboxylic acid groups (broad SMARTS) is 1. The predicted molar refractivity (Wildman–Crippen MR) is 38.0 cm³/mol. The Labute approximate surface area is 67.9 Å². The molecule has 0 heterocycles. The summed E-state index contributed by atoms with van der Waals surface area (Å²) in [5.41, 5.74) is -0.259. The minimum absolute atomic E-state index is 0.259. The van der Waals surface area contributed by atoms with E-state index in [1.165, 1.54) is 0 Å². The Hall–Kier alpha value is -1.17. The zero-order chi connectivity index (χ0) is 9.35. The fourth-order valence-corrected chi connectivity index (χ4v) is 0.832. The van der Waals surface area contributed by atoms with Crippen molar-refractivity contribution in [3.8, 4) is 0 Å². The number of hydrogen-bond donors (Lipinski definition) is 4. The summed E-state index contributed by atoms with van der Waals surface area (Å²) in [6, 6.07) is 0. The molecule has 1 atom stereocenters. The van der Waals surface area contributed by atoms with E-state index < -0.39 is 17.9 Å². The van der Waals surface area contributed by atoms with Crippen molar-refractivity contribution < 1.29 is 25.2 Å². The highest BCUT2D eigenvalue weighted by Crippen LogP contribution is 2.18. The molecule has 0 fully saturated rings. The van der Waals surface area contributed by atoms with Crippen LogP contribution in [0.15, 0.2) is 23.8 Å². The van der Waals surface area contributed by atoms with Crippen molar-refractivity contribution in [1.29, 1.82) is 0 Å². The summed E-state index contributed by atoms with van der Waals surface area (Å²) in [7, 11) is 0. The molecule has 1 aliphatic rings. The van der Waals surface area contributed by atoms with Crippen LogP contribution in [0.3, 0.4) is 0 Å². The predicted octanol–water partition coefficient (Wildman–Crippen LogP) is -1.39. The van der Waals surface area contributed by atoms with Gasteiger partial charge in [0.05, 0.1) is 5.57 Å². The number of aliphatic hydroxyl groups is 3. The Kier molecular flexibility index (Phi) is 2.01. The largest absolute Gasteiger partial charge is 0.478 e. The van der Waals surface area contributed by atoms with Crippen molar-refractivity contribution in [2.45, 2.75) is 11.9 Å². The third kappa shape index (κ3) is 1.53. The van der Waals surface area contributed by atoms with Crippen LogP contribution in [0.4, 0.5) is 0 Å². The summed E-state index contributed by atoms with van der Waals surface area (Å²) in [5.74, 6) is -3.76. The SMILES string of the molecule is O=C(O)C1=CC(O)(O)C(O)C=C1. The van der Waals surface area contributed by atoms with Gasteiger partial charge in [0.25, 0.3) is 0 Å². The zero-order valence-corrected chi connectivity index (χ0v) is 6.01. The first kappa shape index (κ1) is 8.92. The molecule has 0 saturated carbocycles. The van der Waals surface area contributed by atoms with Crippen LogP contribution < -0.4 is 0 Å². The lowest BCUT2D eigenvalue weighted by atomic mass is 9.99. The zero-order valence-electron chi connectivity index (χ0n) is 6.01. The van der Waals surface area contributed by atoms with Gasteiger partial charge in [-0.25, -0.2) is 4.79 Å². The molecule has 0 spiro atoms. The topological polar surface area (TPSA) is 98.0 Å². The van der Waals surface area contributed by atoms with Gasteiger partial charge in [-0.1, -0.05) is 0 Å². The standard InChI is InChI=1S/C7H8O5/c8-5-2-1-4(6(9)10)3-7(5,11)12/h1-3,5,8,11-12H,(H,9,10). The van der Waals surface area contributed by atoms with Crippen molar-refractivity contribution in [1.82, 2.24) is 0 Å². The van der Waals surface area contributed by atoms with Crippen LogP contribution in [-0.2, 0) is 4.79 Å². The quantitative estimate of drug-likeness (QED) is 0.365. The average Bonchev–Trinajstić information content (AvgIpc) is 1.94. The summed E-state index contributed by atoms with van der Waals surface area (Å²) in [4.78, 5) is 10.3. The van der Waals surface area contributed by atoms with Crippen LogP contribution in [0.5, 0.6) is 0 Å². The monoisotopic (exact) mass is 172 g/mol. The summed E-state index contributed by atoms with van der Waals surface area (Å²) in [5, 5.41) is 35.3. The molecular weight excluding hydrogens is 164 g/mol. The lowest BCUT2D eigenvalue weighted by molar-refractivity contribution is -0.175. The molecule has 0 bridgehead atoms. The van der Waals surface area contributed by atoms with Crippen molar-refractivity contribution >= 4 is 5.97 Å². The molecule has 0 aromatic heterocycles. The number of carbonyl (C=O) groups is 1. The van der Waals surface area contributed by atoms with Crippen LogP contribution in [0.1, 0.15) is 0 Å². The lowest BCUT2D eigenvalue weighted by Gasteiger charge is -2.24. The fraction of sp³-hybridized carbons (Fsp3) is 0.286. The van der Waals surface area contributed by atoms with E-state index in [0.717, 1.165) is 12.2 Å². The van der Waals surface area contributed by atoms with E-state index in [1.54, 1.807) is 0 Å². The van der Waals surface area contributed by atoms with Gasteiger partial charge in [-0.15, -0.1) is 0 Å². The lowest BCUT2D eigenvalue weighted by Crippen LogP contribution is -2.41. The highest BCUT2D eigenvalue weighted by Gasteiger charge is 2.32. The van der Waals surface area contributed by atoms with Crippen LogP contribution in [0.25, 0.3) is 0 Å². The molecule has 1 rings (SSSR count). The second-order valence-electron chi connectivity index (χ2n) is 2.49. The molecule has 5 heteroatoms. The second kappa shape index (κ2) is 2.71. The van der Waals surface area contributed by atoms with E-state index in [-0.39, 0.29) is 5.57 Å². The second-order valence-corrected chi connectivity index (χ2v) is 2.49. The Balaban J connectivity index is 2.97. The number of aliphatic carboxylic acids is 1. The van der Waals surface area contributed by atoms with Gasteiger partial charge >= 0.3 is 5.97 Å². The van der Waals surface area contributed by atoms with Crippen molar-refractivity contribution in [3.63, 3.8) is 0 Å². The molecule has 12 heavy (non-hydrogen) atoms. The third-order valence-electron chi connectivity index (χ3n) is 1.51. The maximum atomic E-state index is 10.3. The Morgan fingerprint density at radius 1 is 1.50 bits per heavy atom. The molecule has 5 nitrogen and oxygen atoms in total. The molecule has 0 aliphatic heterocycles. The smallest absolute Gasteiger partial charge is 0.335 e. The Bertz CT molecular complexity index is 263.